The van der Waals surface area contributed by atoms with Crippen LogP contribution in [0.15, 0.2) is 24.3 Å². The van der Waals surface area contributed by atoms with E-state index in [0.717, 1.165) is 0 Å². The summed E-state index contributed by atoms with van der Waals surface area (Å²) >= 11 is 0. The van der Waals surface area contributed by atoms with Gasteiger partial charge in [-0.15, -0.1) is 0 Å². The summed E-state index contributed by atoms with van der Waals surface area (Å²) in [6.45, 7) is 13.1. The van der Waals surface area contributed by atoms with Crippen LogP contribution < -0.4 is 0 Å². The molecule has 1 rings (SSSR count). The largest absolute Gasteiger partial charge is 0.0776 e. The first-order chi connectivity index (χ1) is 7.97. The monoisotopic (exact) mass is 266 g/mol. The standard InChI is InChI=1S/C15H24.C2H6.2CH4/c1-13-8-10-14(11-9-13)7-5-6-12-15(2,3)4;1-2;;/h8-11H,5-7,12H2,1-4H3;1-2H3;2*1H4. The average molecular weight is 267 g/mol. The molecule has 0 heterocycles. The lowest BCUT2D eigenvalue weighted by atomic mass is 9.89. The van der Waals surface area contributed by atoms with Crippen molar-refractivity contribution in [2.24, 2.45) is 5.41 Å². The van der Waals surface area contributed by atoms with Crippen LogP contribution in [-0.2, 0) is 6.42 Å². The number of benzene rings is 1. The van der Waals surface area contributed by atoms with E-state index in [9.17, 15) is 0 Å². The van der Waals surface area contributed by atoms with Gasteiger partial charge >= 0.3 is 0 Å². The van der Waals surface area contributed by atoms with Crippen molar-refractivity contribution in [3.63, 3.8) is 0 Å². The summed E-state index contributed by atoms with van der Waals surface area (Å²) in [6, 6.07) is 8.93. The van der Waals surface area contributed by atoms with Gasteiger partial charge in [0, 0.05) is 0 Å². The van der Waals surface area contributed by atoms with Gasteiger partial charge in [-0.05, 0) is 37.2 Å². The molecule has 0 heteroatoms. The van der Waals surface area contributed by atoms with Crippen LogP contribution >= 0.6 is 0 Å². The Morgan fingerprint density at radius 3 is 1.74 bits per heavy atom. The van der Waals surface area contributed by atoms with Crippen molar-refractivity contribution >= 4 is 0 Å². The molecule has 0 saturated heterocycles. The number of unbranched alkanes of at least 4 members (excludes halogenated alkanes) is 1. The van der Waals surface area contributed by atoms with Gasteiger partial charge in [-0.1, -0.05) is 85.7 Å². The highest BCUT2D eigenvalue weighted by Gasteiger charge is 2.08. The van der Waals surface area contributed by atoms with E-state index in [0.29, 0.717) is 5.41 Å². The molecule has 19 heavy (non-hydrogen) atoms. The molecule has 0 atom stereocenters. The van der Waals surface area contributed by atoms with Crippen LogP contribution in [0.3, 0.4) is 0 Å². The summed E-state index contributed by atoms with van der Waals surface area (Å²) in [4.78, 5) is 0. The summed E-state index contributed by atoms with van der Waals surface area (Å²) in [7, 11) is 0. The molecule has 0 radical (unpaired) electrons. The zero-order chi connectivity index (χ0) is 13.3. The summed E-state index contributed by atoms with van der Waals surface area (Å²) in [5, 5.41) is 0. The fourth-order valence-corrected chi connectivity index (χ4v) is 1.74. The van der Waals surface area contributed by atoms with Gasteiger partial charge < -0.3 is 0 Å². The zero-order valence-electron chi connectivity index (χ0n) is 12.6. The first-order valence-corrected chi connectivity index (χ1v) is 7.03. The second-order valence-corrected chi connectivity index (χ2v) is 5.75. The lowest BCUT2D eigenvalue weighted by Crippen LogP contribution is -2.04. The Labute approximate surface area is 123 Å². The predicted molar refractivity (Wildman–Crippen MR) is 93.0 cm³/mol. The lowest BCUT2D eigenvalue weighted by Gasteiger charge is -2.17. The van der Waals surface area contributed by atoms with Gasteiger partial charge in [0.2, 0.25) is 0 Å². The first-order valence-electron chi connectivity index (χ1n) is 7.03. The Morgan fingerprint density at radius 1 is 0.842 bits per heavy atom. The minimum Gasteiger partial charge on any atom is -0.0776 e. The van der Waals surface area contributed by atoms with Crippen molar-refractivity contribution < 1.29 is 0 Å². The minimum atomic E-state index is 0. The molecule has 0 aliphatic heterocycles. The summed E-state index contributed by atoms with van der Waals surface area (Å²) in [6.07, 6.45) is 5.23. The molecule has 0 fully saturated rings. The predicted octanol–water partition coefficient (Wildman–Crippen LogP) is 7.05. The van der Waals surface area contributed by atoms with Crippen molar-refractivity contribution in [2.45, 2.75) is 82.1 Å². The van der Waals surface area contributed by atoms with Crippen LogP contribution in [0.1, 0.15) is 79.9 Å². The molecule has 0 spiro atoms. The molecular formula is C19H38. The van der Waals surface area contributed by atoms with Gasteiger partial charge in [-0.25, -0.2) is 0 Å². The normalized spacial score (nSPS) is 9.58. The molecular weight excluding hydrogens is 228 g/mol. The molecule has 0 aromatic heterocycles. The maximum absolute atomic E-state index is 2.32. The number of hydrogen-bond acceptors (Lipinski definition) is 0. The van der Waals surface area contributed by atoms with Crippen LogP contribution in [-0.4, -0.2) is 0 Å². The van der Waals surface area contributed by atoms with Crippen molar-refractivity contribution in [1.29, 1.82) is 0 Å². The van der Waals surface area contributed by atoms with E-state index < -0.39 is 0 Å². The van der Waals surface area contributed by atoms with Crippen LogP contribution in [0.5, 0.6) is 0 Å². The van der Waals surface area contributed by atoms with Crippen LogP contribution in [0.25, 0.3) is 0 Å². The maximum atomic E-state index is 2.32. The third-order valence-electron chi connectivity index (χ3n) is 2.76. The molecule has 0 amide bonds. The van der Waals surface area contributed by atoms with Gasteiger partial charge in [-0.3, -0.25) is 0 Å². The van der Waals surface area contributed by atoms with Crippen molar-refractivity contribution in [2.75, 3.05) is 0 Å². The minimum absolute atomic E-state index is 0. The second kappa shape index (κ2) is 12.3. The Hall–Kier alpha value is -0.780. The molecule has 114 valence electrons. The quantitative estimate of drug-likeness (QED) is 0.512. The fourth-order valence-electron chi connectivity index (χ4n) is 1.74. The molecule has 1 aromatic carbocycles. The smallest absolute Gasteiger partial charge is 0.0279 e. The summed E-state index contributed by atoms with van der Waals surface area (Å²) in [5.74, 6) is 0. The van der Waals surface area contributed by atoms with E-state index in [2.05, 4.69) is 52.0 Å². The van der Waals surface area contributed by atoms with Crippen molar-refractivity contribution in [3.05, 3.63) is 35.4 Å². The second-order valence-electron chi connectivity index (χ2n) is 5.75. The molecule has 0 bridgehead atoms. The van der Waals surface area contributed by atoms with Gasteiger partial charge in [0.05, 0.1) is 0 Å². The topological polar surface area (TPSA) is 0 Å². The summed E-state index contributed by atoms with van der Waals surface area (Å²) in [5.41, 5.74) is 3.33. The van der Waals surface area contributed by atoms with Gasteiger partial charge in [-0.2, -0.15) is 0 Å². The molecule has 0 saturated carbocycles. The van der Waals surface area contributed by atoms with Crippen LogP contribution in [0.4, 0.5) is 0 Å². The molecule has 0 aliphatic carbocycles. The highest BCUT2D eigenvalue weighted by atomic mass is 14.1. The number of hydrogen-bond donors (Lipinski definition) is 0. The highest BCUT2D eigenvalue weighted by Crippen LogP contribution is 2.22. The van der Waals surface area contributed by atoms with Crippen LogP contribution in [0, 0.1) is 12.3 Å². The Balaban J connectivity index is -0.000000609. The molecule has 0 aliphatic rings. The van der Waals surface area contributed by atoms with E-state index in [1.165, 1.54) is 36.8 Å². The van der Waals surface area contributed by atoms with E-state index in [1.54, 1.807) is 0 Å². The zero-order valence-corrected chi connectivity index (χ0v) is 12.6. The Kier molecular flexibility index (Phi) is 15.1. The van der Waals surface area contributed by atoms with E-state index in [4.69, 9.17) is 0 Å². The summed E-state index contributed by atoms with van der Waals surface area (Å²) < 4.78 is 0. The molecule has 0 nitrogen and oxygen atoms in total. The average Bonchev–Trinajstić information content (AvgIpc) is 2.28. The fraction of sp³-hybridized carbons (Fsp3) is 0.684. The highest BCUT2D eigenvalue weighted by molar-refractivity contribution is 5.21. The lowest BCUT2D eigenvalue weighted by molar-refractivity contribution is 0.360. The van der Waals surface area contributed by atoms with E-state index >= 15 is 0 Å². The molecule has 0 unspecified atom stereocenters. The third kappa shape index (κ3) is 13.5. The van der Waals surface area contributed by atoms with Gasteiger partial charge in [0.15, 0.2) is 0 Å². The molecule has 1 aromatic rings. The van der Waals surface area contributed by atoms with Crippen LogP contribution in [0.2, 0.25) is 0 Å². The number of rotatable bonds is 4. The SMILES string of the molecule is C.C.CC.Cc1ccc(CCCCC(C)(C)C)cc1. The Bertz CT molecular complexity index is 274. The van der Waals surface area contributed by atoms with Gasteiger partial charge in [0.1, 0.15) is 0 Å². The molecule has 0 N–H and O–H groups in total. The van der Waals surface area contributed by atoms with Crippen molar-refractivity contribution in [3.8, 4) is 0 Å². The Morgan fingerprint density at radius 2 is 1.32 bits per heavy atom. The first kappa shape index (κ1) is 23.3. The maximum Gasteiger partial charge on any atom is -0.0279 e. The van der Waals surface area contributed by atoms with E-state index in [1.807, 2.05) is 13.8 Å². The number of aryl methyl sites for hydroxylation is 2. The van der Waals surface area contributed by atoms with E-state index in [-0.39, 0.29) is 14.9 Å². The van der Waals surface area contributed by atoms with Gasteiger partial charge in [0.25, 0.3) is 0 Å². The third-order valence-corrected chi connectivity index (χ3v) is 2.76. The van der Waals surface area contributed by atoms with Crippen molar-refractivity contribution in [1.82, 2.24) is 0 Å².